The van der Waals surface area contributed by atoms with E-state index in [1.54, 1.807) is 4.68 Å². The molecule has 0 spiro atoms. The van der Waals surface area contributed by atoms with Gasteiger partial charge in [0.15, 0.2) is 6.61 Å². The summed E-state index contributed by atoms with van der Waals surface area (Å²) in [5, 5.41) is 7.16. The van der Waals surface area contributed by atoms with Crippen LogP contribution in [-0.2, 0) is 20.9 Å². The van der Waals surface area contributed by atoms with Crippen molar-refractivity contribution in [2.24, 2.45) is 5.92 Å². The molecule has 122 valence electrons. The quantitative estimate of drug-likeness (QED) is 0.841. The van der Waals surface area contributed by atoms with Gasteiger partial charge in [0, 0.05) is 11.7 Å². The van der Waals surface area contributed by atoms with E-state index >= 15 is 0 Å². The van der Waals surface area contributed by atoms with Crippen LogP contribution >= 0.6 is 0 Å². The average Bonchev–Trinajstić information content (AvgIpc) is 2.77. The third kappa shape index (κ3) is 4.58. The SMILES string of the molecule is Cc1cc(C)n(CC(=O)OCC(=O)N[C@H]2CCCC[C@H]2C)n1. The van der Waals surface area contributed by atoms with E-state index in [0.29, 0.717) is 5.92 Å². The van der Waals surface area contributed by atoms with Gasteiger partial charge in [0.25, 0.3) is 5.91 Å². The van der Waals surface area contributed by atoms with Crippen LogP contribution in [0.5, 0.6) is 0 Å². The first-order valence-corrected chi connectivity index (χ1v) is 7.91. The van der Waals surface area contributed by atoms with Crippen molar-refractivity contribution in [1.82, 2.24) is 15.1 Å². The molecule has 6 nitrogen and oxygen atoms in total. The van der Waals surface area contributed by atoms with E-state index in [2.05, 4.69) is 17.3 Å². The highest BCUT2D eigenvalue weighted by Crippen LogP contribution is 2.23. The number of rotatable bonds is 5. The minimum Gasteiger partial charge on any atom is -0.454 e. The number of aryl methyl sites for hydroxylation is 2. The van der Waals surface area contributed by atoms with Crippen molar-refractivity contribution < 1.29 is 14.3 Å². The summed E-state index contributed by atoms with van der Waals surface area (Å²) >= 11 is 0. The summed E-state index contributed by atoms with van der Waals surface area (Å²) in [6, 6.07) is 2.10. The van der Waals surface area contributed by atoms with Crippen LogP contribution < -0.4 is 5.32 Å². The zero-order chi connectivity index (χ0) is 16.1. The average molecular weight is 307 g/mol. The van der Waals surface area contributed by atoms with E-state index in [0.717, 1.165) is 30.7 Å². The minimum absolute atomic E-state index is 0.0345. The molecule has 1 amide bonds. The normalized spacial score (nSPS) is 21.4. The Morgan fingerprint density at radius 1 is 1.36 bits per heavy atom. The Labute approximate surface area is 131 Å². The van der Waals surface area contributed by atoms with Gasteiger partial charge in [-0.25, -0.2) is 0 Å². The van der Waals surface area contributed by atoms with Crippen LogP contribution in [0.15, 0.2) is 6.07 Å². The molecule has 1 aliphatic rings. The van der Waals surface area contributed by atoms with Crippen LogP contribution in [0.2, 0.25) is 0 Å². The van der Waals surface area contributed by atoms with Gasteiger partial charge in [0.1, 0.15) is 6.54 Å². The van der Waals surface area contributed by atoms with E-state index in [4.69, 9.17) is 4.74 Å². The van der Waals surface area contributed by atoms with E-state index in [1.165, 1.54) is 6.42 Å². The summed E-state index contributed by atoms with van der Waals surface area (Å²) < 4.78 is 6.62. The monoisotopic (exact) mass is 307 g/mol. The molecular weight excluding hydrogens is 282 g/mol. The van der Waals surface area contributed by atoms with E-state index < -0.39 is 5.97 Å². The fraction of sp³-hybridized carbons (Fsp3) is 0.688. The summed E-state index contributed by atoms with van der Waals surface area (Å²) in [5.74, 6) is -0.179. The summed E-state index contributed by atoms with van der Waals surface area (Å²) in [6.07, 6.45) is 4.52. The lowest BCUT2D eigenvalue weighted by atomic mass is 9.86. The molecule has 0 aromatic carbocycles. The Balaban J connectivity index is 1.73. The maximum absolute atomic E-state index is 11.9. The van der Waals surface area contributed by atoms with Crippen molar-refractivity contribution in [1.29, 1.82) is 0 Å². The number of aromatic nitrogens is 2. The zero-order valence-corrected chi connectivity index (χ0v) is 13.6. The highest BCUT2D eigenvalue weighted by Gasteiger charge is 2.23. The second-order valence-electron chi connectivity index (χ2n) is 6.18. The lowest BCUT2D eigenvalue weighted by molar-refractivity contribution is -0.149. The Hall–Kier alpha value is -1.85. The van der Waals surface area contributed by atoms with Crippen molar-refractivity contribution >= 4 is 11.9 Å². The highest BCUT2D eigenvalue weighted by molar-refractivity contribution is 5.80. The molecule has 1 N–H and O–H groups in total. The van der Waals surface area contributed by atoms with Crippen molar-refractivity contribution in [2.45, 2.75) is 59.0 Å². The molecule has 1 aliphatic carbocycles. The van der Waals surface area contributed by atoms with Gasteiger partial charge in [0.2, 0.25) is 0 Å². The Bertz CT molecular complexity index is 539. The summed E-state index contributed by atoms with van der Waals surface area (Å²) in [7, 11) is 0. The number of hydrogen-bond acceptors (Lipinski definition) is 4. The van der Waals surface area contributed by atoms with Crippen LogP contribution in [0, 0.1) is 19.8 Å². The smallest absolute Gasteiger partial charge is 0.328 e. The molecule has 0 radical (unpaired) electrons. The molecule has 1 fully saturated rings. The molecule has 22 heavy (non-hydrogen) atoms. The molecule has 0 unspecified atom stereocenters. The topological polar surface area (TPSA) is 73.2 Å². The molecule has 0 saturated heterocycles. The van der Waals surface area contributed by atoms with E-state index in [1.807, 2.05) is 19.9 Å². The number of esters is 1. The first-order valence-electron chi connectivity index (χ1n) is 7.91. The molecule has 1 aromatic heterocycles. The predicted molar refractivity (Wildman–Crippen MR) is 82.2 cm³/mol. The predicted octanol–water partition coefficient (Wildman–Crippen LogP) is 1.74. The molecule has 1 heterocycles. The first kappa shape index (κ1) is 16.5. The molecule has 2 rings (SSSR count). The van der Waals surface area contributed by atoms with Gasteiger partial charge in [-0.3, -0.25) is 14.3 Å². The fourth-order valence-corrected chi connectivity index (χ4v) is 2.93. The number of carbonyl (C=O) groups is 2. The molecule has 1 saturated carbocycles. The number of ether oxygens (including phenoxy) is 1. The summed E-state index contributed by atoms with van der Waals surface area (Å²) in [4.78, 5) is 23.6. The lowest BCUT2D eigenvalue weighted by Gasteiger charge is -2.29. The molecule has 2 atom stereocenters. The second kappa shape index (κ2) is 7.42. The Kier molecular flexibility index (Phi) is 5.57. The third-order valence-electron chi connectivity index (χ3n) is 4.20. The van der Waals surface area contributed by atoms with Gasteiger partial charge in [-0.05, 0) is 38.7 Å². The molecular formula is C16H25N3O3. The van der Waals surface area contributed by atoms with Gasteiger partial charge < -0.3 is 10.1 Å². The zero-order valence-electron chi connectivity index (χ0n) is 13.6. The van der Waals surface area contributed by atoms with E-state index in [9.17, 15) is 9.59 Å². The third-order valence-corrected chi connectivity index (χ3v) is 4.20. The van der Waals surface area contributed by atoms with Crippen LogP contribution in [0.1, 0.15) is 44.0 Å². The van der Waals surface area contributed by atoms with Gasteiger partial charge in [-0.1, -0.05) is 19.8 Å². The number of hydrogen-bond donors (Lipinski definition) is 1. The lowest BCUT2D eigenvalue weighted by Crippen LogP contribution is -2.43. The van der Waals surface area contributed by atoms with Crippen LogP contribution in [0.3, 0.4) is 0 Å². The van der Waals surface area contributed by atoms with Crippen LogP contribution in [0.4, 0.5) is 0 Å². The number of carbonyl (C=O) groups excluding carboxylic acids is 2. The highest BCUT2D eigenvalue weighted by atomic mass is 16.5. The van der Waals surface area contributed by atoms with Gasteiger partial charge in [-0.2, -0.15) is 5.10 Å². The molecule has 0 bridgehead atoms. The standard InChI is InChI=1S/C16H25N3O3/c1-11-6-4-5-7-14(11)17-15(20)10-22-16(21)9-19-13(3)8-12(2)18-19/h8,11,14H,4-7,9-10H2,1-3H3,(H,17,20)/t11-,14+/m1/s1. The van der Waals surface area contributed by atoms with Crippen LogP contribution in [0.25, 0.3) is 0 Å². The first-order chi connectivity index (χ1) is 10.5. The van der Waals surface area contributed by atoms with Crippen molar-refractivity contribution in [3.63, 3.8) is 0 Å². The molecule has 0 aliphatic heterocycles. The Morgan fingerprint density at radius 3 is 2.73 bits per heavy atom. The molecule has 6 heteroatoms. The maximum Gasteiger partial charge on any atom is 0.328 e. The van der Waals surface area contributed by atoms with Crippen molar-refractivity contribution in [3.8, 4) is 0 Å². The van der Waals surface area contributed by atoms with Crippen LogP contribution in [-0.4, -0.2) is 34.3 Å². The van der Waals surface area contributed by atoms with E-state index in [-0.39, 0.29) is 25.1 Å². The van der Waals surface area contributed by atoms with Crippen molar-refractivity contribution in [3.05, 3.63) is 17.5 Å². The summed E-state index contributed by atoms with van der Waals surface area (Å²) in [5.41, 5.74) is 1.75. The minimum atomic E-state index is -0.446. The van der Waals surface area contributed by atoms with Gasteiger partial charge >= 0.3 is 5.97 Å². The number of nitrogens with one attached hydrogen (secondary N) is 1. The number of amides is 1. The maximum atomic E-state index is 11.9. The largest absolute Gasteiger partial charge is 0.454 e. The number of nitrogens with zero attached hydrogens (tertiary/aromatic N) is 2. The fourth-order valence-electron chi connectivity index (χ4n) is 2.93. The van der Waals surface area contributed by atoms with Gasteiger partial charge in [0.05, 0.1) is 5.69 Å². The van der Waals surface area contributed by atoms with Gasteiger partial charge in [-0.15, -0.1) is 0 Å². The second-order valence-corrected chi connectivity index (χ2v) is 6.18. The summed E-state index contributed by atoms with van der Waals surface area (Å²) in [6.45, 7) is 5.71. The Morgan fingerprint density at radius 2 is 2.09 bits per heavy atom. The molecule has 1 aromatic rings. The van der Waals surface area contributed by atoms with Crippen molar-refractivity contribution in [2.75, 3.05) is 6.61 Å².